The third-order valence-corrected chi connectivity index (χ3v) is 0.430. The van der Waals surface area contributed by atoms with Gasteiger partial charge >= 0.3 is 5.97 Å². The molecule has 0 rings (SSSR count). The molecule has 0 saturated heterocycles. The molecule has 2 nitrogen and oxygen atoms in total. The van der Waals surface area contributed by atoms with Gasteiger partial charge in [-0.1, -0.05) is 13.0 Å². The first-order chi connectivity index (χ1) is 3.27. The summed E-state index contributed by atoms with van der Waals surface area (Å²) in [6, 6.07) is 0. The Morgan fingerprint density at radius 2 is 2.57 bits per heavy atom. The molecule has 39 valence electrons. The van der Waals surface area contributed by atoms with Gasteiger partial charge in [-0.25, -0.2) is 4.79 Å². The normalized spacial score (nSPS) is 9.86. The van der Waals surface area contributed by atoms with Gasteiger partial charge in [-0.2, -0.15) is 0 Å². The van der Waals surface area contributed by atoms with Crippen molar-refractivity contribution in [3.63, 3.8) is 0 Å². The Labute approximate surface area is 42.5 Å². The molecule has 0 aromatic rings. The van der Waals surface area contributed by atoms with E-state index in [0.717, 1.165) is 6.42 Å². The smallest absolute Gasteiger partial charge is 0.336 e. The number of hydrogen-bond donors (Lipinski definition) is 1. The zero-order chi connectivity index (χ0) is 5.70. The molecule has 0 aliphatic rings. The fraction of sp³-hybridized carbons (Fsp3) is 0.400. The molecule has 0 atom stereocenters. The largest absolute Gasteiger partial charge is 0.478 e. The summed E-state index contributed by atoms with van der Waals surface area (Å²) < 4.78 is 0. The van der Waals surface area contributed by atoms with E-state index in [0.29, 0.717) is 0 Å². The number of carboxylic acids is 1. The van der Waals surface area contributed by atoms with Crippen LogP contribution in [0, 0.1) is 6.08 Å². The fourth-order valence-electron chi connectivity index (χ4n) is 0.189. The first-order valence-corrected chi connectivity index (χ1v) is 2.08. The Hall–Kier alpha value is -0.790. The van der Waals surface area contributed by atoms with E-state index in [2.05, 4.69) is 6.08 Å². The monoisotopic (exact) mass is 99.0 g/mol. The summed E-state index contributed by atoms with van der Waals surface area (Å²) in [4.78, 5) is 9.62. The van der Waals surface area contributed by atoms with E-state index in [4.69, 9.17) is 5.11 Å². The van der Waals surface area contributed by atoms with Gasteiger partial charge in [0.05, 0.1) is 6.08 Å². The third kappa shape index (κ3) is 5.21. The molecule has 0 heterocycles. The van der Waals surface area contributed by atoms with Crippen molar-refractivity contribution < 1.29 is 9.90 Å². The Morgan fingerprint density at radius 1 is 2.00 bits per heavy atom. The molecule has 0 aliphatic carbocycles. The average molecular weight is 99.1 g/mol. The number of hydrogen-bond acceptors (Lipinski definition) is 1. The van der Waals surface area contributed by atoms with Crippen LogP contribution in [0.3, 0.4) is 0 Å². The molecule has 0 unspecified atom stereocenters. The summed E-state index contributed by atoms with van der Waals surface area (Å²) in [6.07, 6.45) is 4.29. The highest BCUT2D eigenvalue weighted by atomic mass is 16.4. The Kier molecular flexibility index (Phi) is 3.02. The maximum absolute atomic E-state index is 9.62. The van der Waals surface area contributed by atoms with Crippen LogP contribution in [0.4, 0.5) is 0 Å². The van der Waals surface area contributed by atoms with Gasteiger partial charge in [-0.3, -0.25) is 0 Å². The van der Waals surface area contributed by atoms with Crippen LogP contribution in [-0.4, -0.2) is 11.1 Å². The Balaban J connectivity index is 3.26. The molecule has 1 N–H and O–H groups in total. The first kappa shape index (κ1) is 6.21. The maximum atomic E-state index is 9.62. The predicted octanol–water partition coefficient (Wildman–Crippen LogP) is 0.840. The van der Waals surface area contributed by atoms with Crippen molar-refractivity contribution in [3.05, 3.63) is 12.2 Å². The van der Waals surface area contributed by atoms with Crippen molar-refractivity contribution in [2.75, 3.05) is 0 Å². The average Bonchev–Trinajstić information content (AvgIpc) is 1.61. The number of aliphatic carboxylic acids is 1. The van der Waals surface area contributed by atoms with Gasteiger partial charge in [0, 0.05) is 0 Å². The lowest BCUT2D eigenvalue weighted by Crippen LogP contribution is -1.85. The van der Waals surface area contributed by atoms with E-state index < -0.39 is 5.97 Å². The number of allylic oxidation sites excluding steroid dienone is 1. The summed E-state index contributed by atoms with van der Waals surface area (Å²) in [5.74, 6) is -0.998. The second-order valence-corrected chi connectivity index (χ2v) is 1.06. The van der Waals surface area contributed by atoms with Crippen LogP contribution < -0.4 is 0 Å². The second-order valence-electron chi connectivity index (χ2n) is 1.06. The van der Waals surface area contributed by atoms with Crippen LogP contribution in [0.1, 0.15) is 13.3 Å². The van der Waals surface area contributed by atoms with E-state index in [1.165, 1.54) is 6.08 Å². The molecule has 0 saturated carbocycles. The number of carbonyl (C=O) groups is 1. The molecule has 0 aliphatic heterocycles. The summed E-state index contributed by atoms with van der Waals surface area (Å²) in [7, 11) is 0. The van der Waals surface area contributed by atoms with Gasteiger partial charge in [-0.05, 0) is 6.42 Å². The first-order valence-electron chi connectivity index (χ1n) is 2.08. The van der Waals surface area contributed by atoms with E-state index in [9.17, 15) is 4.79 Å². The highest BCUT2D eigenvalue weighted by molar-refractivity contribution is 5.75. The van der Waals surface area contributed by atoms with Crippen LogP contribution in [0.15, 0.2) is 6.08 Å². The zero-order valence-electron chi connectivity index (χ0n) is 4.14. The molecular formula is C5H7O2. The van der Waals surface area contributed by atoms with E-state index in [1.807, 2.05) is 6.92 Å². The molecule has 0 bridgehead atoms. The molecule has 7 heavy (non-hydrogen) atoms. The van der Waals surface area contributed by atoms with E-state index >= 15 is 0 Å². The molecule has 0 aromatic carbocycles. The van der Waals surface area contributed by atoms with E-state index in [1.54, 1.807) is 0 Å². The van der Waals surface area contributed by atoms with Gasteiger partial charge in [0.25, 0.3) is 0 Å². The van der Waals surface area contributed by atoms with Gasteiger partial charge < -0.3 is 5.11 Å². The quantitative estimate of drug-likeness (QED) is 0.521. The number of carboxylic acid groups (broad SMARTS) is 1. The lowest BCUT2D eigenvalue weighted by atomic mass is 10.4. The minimum Gasteiger partial charge on any atom is -0.478 e. The molecule has 0 spiro atoms. The predicted molar refractivity (Wildman–Crippen MR) is 25.7 cm³/mol. The summed E-state index contributed by atoms with van der Waals surface area (Å²) in [6.45, 7) is 1.86. The molecule has 1 radical (unpaired) electrons. The van der Waals surface area contributed by atoms with Crippen molar-refractivity contribution in [1.82, 2.24) is 0 Å². The summed E-state index contributed by atoms with van der Waals surface area (Å²) in [5, 5.41) is 7.90. The van der Waals surface area contributed by atoms with Gasteiger partial charge in [0.1, 0.15) is 0 Å². The topological polar surface area (TPSA) is 37.3 Å². The minimum atomic E-state index is -0.998. The van der Waals surface area contributed by atoms with Gasteiger partial charge in [-0.15, -0.1) is 0 Å². The highest BCUT2D eigenvalue weighted by Gasteiger charge is 1.80. The SMILES string of the molecule is CC/C=[C]\C(=O)O. The van der Waals surface area contributed by atoms with Crippen molar-refractivity contribution in [1.29, 1.82) is 0 Å². The molecule has 2 heteroatoms. The minimum absolute atomic E-state index is 0.728. The van der Waals surface area contributed by atoms with Crippen molar-refractivity contribution >= 4 is 5.97 Å². The van der Waals surface area contributed by atoms with Crippen LogP contribution >= 0.6 is 0 Å². The van der Waals surface area contributed by atoms with E-state index in [-0.39, 0.29) is 0 Å². The van der Waals surface area contributed by atoms with Crippen molar-refractivity contribution in [3.8, 4) is 0 Å². The maximum Gasteiger partial charge on any atom is 0.336 e. The van der Waals surface area contributed by atoms with Crippen LogP contribution in [0.2, 0.25) is 0 Å². The van der Waals surface area contributed by atoms with Crippen LogP contribution in [-0.2, 0) is 4.79 Å². The zero-order valence-corrected chi connectivity index (χ0v) is 4.14. The summed E-state index contributed by atoms with van der Waals surface area (Å²) in [5.41, 5.74) is 0. The Bertz CT molecular complexity index is 84.1. The highest BCUT2D eigenvalue weighted by Crippen LogP contribution is 1.75. The van der Waals surface area contributed by atoms with Crippen LogP contribution in [0.5, 0.6) is 0 Å². The molecule has 0 amide bonds. The van der Waals surface area contributed by atoms with Crippen molar-refractivity contribution in [2.45, 2.75) is 13.3 Å². The standard InChI is InChI=1S/C5H7O2/c1-2-3-4-5(6)7/h3H,2H2,1H3,(H,6,7). The van der Waals surface area contributed by atoms with Crippen molar-refractivity contribution in [2.24, 2.45) is 0 Å². The lowest BCUT2D eigenvalue weighted by molar-refractivity contribution is -0.132. The second kappa shape index (κ2) is 3.40. The van der Waals surface area contributed by atoms with Crippen LogP contribution in [0.25, 0.3) is 0 Å². The summed E-state index contributed by atoms with van der Waals surface area (Å²) >= 11 is 0. The van der Waals surface area contributed by atoms with Gasteiger partial charge in [0.2, 0.25) is 0 Å². The molecule has 0 fully saturated rings. The fourth-order valence-corrected chi connectivity index (χ4v) is 0.189. The number of rotatable bonds is 2. The molecular weight excluding hydrogens is 92.1 g/mol. The molecule has 0 aromatic heterocycles. The third-order valence-electron chi connectivity index (χ3n) is 0.430. The van der Waals surface area contributed by atoms with Gasteiger partial charge in [0.15, 0.2) is 0 Å². The Morgan fingerprint density at radius 3 is 2.71 bits per heavy atom. The lowest BCUT2D eigenvalue weighted by Gasteiger charge is -1.72.